The summed E-state index contributed by atoms with van der Waals surface area (Å²) < 4.78 is 23.0. The van der Waals surface area contributed by atoms with Gasteiger partial charge in [-0.2, -0.15) is 0 Å². The van der Waals surface area contributed by atoms with E-state index >= 15 is 0 Å². The summed E-state index contributed by atoms with van der Waals surface area (Å²) >= 11 is 0. The van der Waals surface area contributed by atoms with Crippen molar-refractivity contribution >= 4 is 9.84 Å². The van der Waals surface area contributed by atoms with Gasteiger partial charge in [-0.15, -0.1) is 0 Å². The van der Waals surface area contributed by atoms with E-state index in [2.05, 4.69) is 26.1 Å². The molecule has 15 heavy (non-hydrogen) atoms. The van der Waals surface area contributed by atoms with Gasteiger partial charge >= 0.3 is 0 Å². The van der Waals surface area contributed by atoms with Crippen LogP contribution < -0.4 is 5.32 Å². The normalized spacial score (nSPS) is 12.3. The molecule has 0 amide bonds. The standard InChI is InChI=1S/C11H25NO2S/c1-4-5-6-8-15(13,14)9-7-12-10-11(2)3/h11-12H,4-10H2,1-3H3. The predicted molar refractivity (Wildman–Crippen MR) is 65.9 cm³/mol. The largest absolute Gasteiger partial charge is 0.315 e. The van der Waals surface area contributed by atoms with Gasteiger partial charge in [-0.25, -0.2) is 8.42 Å². The summed E-state index contributed by atoms with van der Waals surface area (Å²) in [6.07, 6.45) is 2.89. The number of hydrogen-bond donors (Lipinski definition) is 1. The van der Waals surface area contributed by atoms with E-state index in [9.17, 15) is 8.42 Å². The van der Waals surface area contributed by atoms with Crippen molar-refractivity contribution in [3.05, 3.63) is 0 Å². The summed E-state index contributed by atoms with van der Waals surface area (Å²) in [7, 11) is -2.81. The van der Waals surface area contributed by atoms with Crippen molar-refractivity contribution in [2.75, 3.05) is 24.6 Å². The van der Waals surface area contributed by atoms with Crippen LogP contribution in [0.25, 0.3) is 0 Å². The van der Waals surface area contributed by atoms with Crippen LogP contribution in [0.3, 0.4) is 0 Å². The molecule has 0 fully saturated rings. The Labute approximate surface area is 94.6 Å². The lowest BCUT2D eigenvalue weighted by atomic mass is 10.2. The predicted octanol–water partition coefficient (Wildman–Crippen LogP) is 1.84. The number of nitrogens with one attached hydrogen (secondary N) is 1. The monoisotopic (exact) mass is 235 g/mol. The highest BCUT2D eigenvalue weighted by Gasteiger charge is 2.09. The van der Waals surface area contributed by atoms with Crippen molar-refractivity contribution in [1.29, 1.82) is 0 Å². The lowest BCUT2D eigenvalue weighted by Gasteiger charge is -2.07. The van der Waals surface area contributed by atoms with Crippen LogP contribution >= 0.6 is 0 Å². The molecule has 3 nitrogen and oxygen atoms in total. The van der Waals surface area contributed by atoms with Crippen LogP contribution in [0, 0.1) is 5.92 Å². The summed E-state index contributed by atoms with van der Waals surface area (Å²) in [6.45, 7) is 7.79. The van der Waals surface area contributed by atoms with E-state index in [0.717, 1.165) is 25.8 Å². The Morgan fingerprint density at radius 1 is 1.13 bits per heavy atom. The average molecular weight is 235 g/mol. The second-order valence-electron chi connectivity index (χ2n) is 4.46. The zero-order valence-corrected chi connectivity index (χ0v) is 11.1. The first-order valence-electron chi connectivity index (χ1n) is 5.89. The maximum absolute atomic E-state index is 11.5. The van der Waals surface area contributed by atoms with Gasteiger partial charge in [-0.1, -0.05) is 33.6 Å². The summed E-state index contributed by atoms with van der Waals surface area (Å²) in [5.41, 5.74) is 0. The molecule has 0 rings (SSSR count). The second-order valence-corrected chi connectivity index (χ2v) is 6.76. The number of hydrogen-bond acceptors (Lipinski definition) is 3. The lowest BCUT2D eigenvalue weighted by Crippen LogP contribution is -2.27. The molecule has 0 aliphatic heterocycles. The van der Waals surface area contributed by atoms with Gasteiger partial charge in [0.2, 0.25) is 0 Å². The summed E-state index contributed by atoms with van der Waals surface area (Å²) in [4.78, 5) is 0. The molecule has 4 heteroatoms. The number of rotatable bonds is 9. The van der Waals surface area contributed by atoms with Crippen molar-refractivity contribution < 1.29 is 8.42 Å². The third-order valence-corrected chi connectivity index (χ3v) is 3.94. The SMILES string of the molecule is CCCCCS(=O)(=O)CCNCC(C)C. The van der Waals surface area contributed by atoms with Crippen molar-refractivity contribution in [3.63, 3.8) is 0 Å². The van der Waals surface area contributed by atoms with E-state index in [1.54, 1.807) is 0 Å². The Hall–Kier alpha value is -0.0900. The summed E-state index contributed by atoms with van der Waals surface area (Å²) in [5.74, 6) is 1.21. The van der Waals surface area contributed by atoms with Gasteiger partial charge in [0.15, 0.2) is 9.84 Å². The Morgan fingerprint density at radius 2 is 1.80 bits per heavy atom. The Morgan fingerprint density at radius 3 is 2.33 bits per heavy atom. The molecule has 92 valence electrons. The van der Waals surface area contributed by atoms with Crippen LogP contribution in [0.15, 0.2) is 0 Å². The van der Waals surface area contributed by atoms with Crippen LogP contribution in [0.2, 0.25) is 0 Å². The van der Waals surface area contributed by atoms with Crippen molar-refractivity contribution in [3.8, 4) is 0 Å². The molecule has 0 aliphatic rings. The Bertz CT molecular complexity index is 235. The molecule has 0 aromatic carbocycles. The first kappa shape index (κ1) is 14.9. The third kappa shape index (κ3) is 10.2. The fraction of sp³-hybridized carbons (Fsp3) is 1.00. The molecule has 0 spiro atoms. The van der Waals surface area contributed by atoms with Crippen LogP contribution in [0.5, 0.6) is 0 Å². The first-order valence-corrected chi connectivity index (χ1v) is 7.71. The number of sulfone groups is 1. The molecule has 0 aromatic heterocycles. The van der Waals surface area contributed by atoms with E-state index in [-0.39, 0.29) is 5.75 Å². The fourth-order valence-electron chi connectivity index (χ4n) is 1.29. The molecule has 0 unspecified atom stereocenters. The minimum Gasteiger partial charge on any atom is -0.315 e. The molecular weight excluding hydrogens is 210 g/mol. The summed E-state index contributed by atoms with van der Waals surface area (Å²) in [6, 6.07) is 0. The van der Waals surface area contributed by atoms with Crippen LogP contribution in [0.1, 0.15) is 40.0 Å². The van der Waals surface area contributed by atoms with E-state index in [1.807, 2.05) is 0 Å². The van der Waals surface area contributed by atoms with Gasteiger partial charge < -0.3 is 5.32 Å². The van der Waals surface area contributed by atoms with Crippen LogP contribution in [-0.2, 0) is 9.84 Å². The smallest absolute Gasteiger partial charge is 0.151 e. The molecule has 0 radical (unpaired) electrons. The Balaban J connectivity index is 3.56. The number of unbranched alkanes of at least 4 members (excludes halogenated alkanes) is 2. The molecule has 0 saturated heterocycles. The average Bonchev–Trinajstić information content (AvgIpc) is 2.13. The highest BCUT2D eigenvalue weighted by molar-refractivity contribution is 7.91. The van der Waals surface area contributed by atoms with E-state index in [0.29, 0.717) is 18.2 Å². The third-order valence-electron chi connectivity index (χ3n) is 2.20. The first-order chi connectivity index (χ1) is 6.98. The molecular formula is C11H25NO2S. The van der Waals surface area contributed by atoms with Gasteiger partial charge in [0, 0.05) is 6.54 Å². The molecule has 0 aromatic rings. The van der Waals surface area contributed by atoms with Crippen molar-refractivity contribution in [1.82, 2.24) is 5.32 Å². The zero-order valence-electron chi connectivity index (χ0n) is 10.3. The van der Waals surface area contributed by atoms with E-state index in [4.69, 9.17) is 0 Å². The molecule has 1 N–H and O–H groups in total. The summed E-state index contributed by atoms with van der Waals surface area (Å²) in [5, 5.41) is 3.15. The highest BCUT2D eigenvalue weighted by atomic mass is 32.2. The fourth-order valence-corrected chi connectivity index (χ4v) is 2.60. The lowest BCUT2D eigenvalue weighted by molar-refractivity contribution is 0.556. The van der Waals surface area contributed by atoms with Crippen LogP contribution in [-0.4, -0.2) is 33.0 Å². The van der Waals surface area contributed by atoms with Gasteiger partial charge in [0.25, 0.3) is 0 Å². The maximum Gasteiger partial charge on any atom is 0.151 e. The zero-order chi connectivity index (χ0) is 11.7. The topological polar surface area (TPSA) is 46.2 Å². The molecule has 0 heterocycles. The molecule has 0 saturated carbocycles. The van der Waals surface area contributed by atoms with Crippen LogP contribution in [0.4, 0.5) is 0 Å². The molecule has 0 atom stereocenters. The van der Waals surface area contributed by atoms with Crippen molar-refractivity contribution in [2.24, 2.45) is 5.92 Å². The van der Waals surface area contributed by atoms with E-state index in [1.165, 1.54) is 0 Å². The van der Waals surface area contributed by atoms with E-state index < -0.39 is 9.84 Å². The van der Waals surface area contributed by atoms with Gasteiger partial charge in [0.05, 0.1) is 11.5 Å². The Kier molecular flexibility index (Phi) is 8.06. The molecule has 0 aliphatic carbocycles. The highest BCUT2D eigenvalue weighted by Crippen LogP contribution is 1.99. The quantitative estimate of drug-likeness (QED) is 0.620. The maximum atomic E-state index is 11.5. The van der Waals surface area contributed by atoms with Gasteiger partial charge in [-0.05, 0) is 18.9 Å². The van der Waals surface area contributed by atoms with Crippen molar-refractivity contribution in [2.45, 2.75) is 40.0 Å². The van der Waals surface area contributed by atoms with Gasteiger partial charge in [0.1, 0.15) is 0 Å². The van der Waals surface area contributed by atoms with Gasteiger partial charge in [-0.3, -0.25) is 0 Å². The molecule has 0 bridgehead atoms. The minimum absolute atomic E-state index is 0.281. The second kappa shape index (κ2) is 8.11. The minimum atomic E-state index is -2.81.